The minimum absolute atomic E-state index is 0.0908. The summed E-state index contributed by atoms with van der Waals surface area (Å²) in [5.74, 6) is 2.10. The molecule has 32 heavy (non-hydrogen) atoms. The number of rotatable bonds is 6. The van der Waals surface area contributed by atoms with E-state index >= 15 is 0 Å². The van der Waals surface area contributed by atoms with Crippen LogP contribution < -0.4 is 5.56 Å². The van der Waals surface area contributed by atoms with Crippen LogP contribution in [0, 0.1) is 13.8 Å². The molecule has 160 valence electrons. The van der Waals surface area contributed by atoms with Gasteiger partial charge in [-0.3, -0.25) is 13.8 Å². The van der Waals surface area contributed by atoms with E-state index in [0.717, 1.165) is 33.4 Å². The third-order valence-corrected chi connectivity index (χ3v) is 6.29. The van der Waals surface area contributed by atoms with Crippen LogP contribution in [-0.4, -0.2) is 24.1 Å². The molecule has 0 atom stereocenters. The van der Waals surface area contributed by atoms with Gasteiger partial charge in [-0.05, 0) is 43.2 Å². The average molecular weight is 444 g/mol. The summed E-state index contributed by atoms with van der Waals surface area (Å²) >= 11 is 1.50. The summed E-state index contributed by atoms with van der Waals surface area (Å²) in [6.07, 6.45) is 3.40. The van der Waals surface area contributed by atoms with Crippen molar-refractivity contribution in [2.45, 2.75) is 31.3 Å². The molecule has 0 aliphatic carbocycles. The summed E-state index contributed by atoms with van der Waals surface area (Å²) < 4.78 is 9.20. The van der Waals surface area contributed by atoms with Crippen molar-refractivity contribution in [3.63, 3.8) is 0 Å². The van der Waals surface area contributed by atoms with Crippen LogP contribution >= 0.6 is 11.8 Å². The Morgan fingerprint density at radius 3 is 2.66 bits per heavy atom. The predicted molar refractivity (Wildman–Crippen MR) is 124 cm³/mol. The van der Waals surface area contributed by atoms with Crippen LogP contribution in [0.5, 0.6) is 0 Å². The molecule has 0 aliphatic heterocycles. The standard InChI is InChI=1S/C24H21N5O2S/c1-16-7-3-4-10-20(16)23-26-27-24(29(23)14-19-9-6-12-31-19)32-15-18-13-21(30)28-11-5-8-17(2)22(28)25-18/h3-13H,14-15H2,1-2H3. The van der Waals surface area contributed by atoms with E-state index in [-0.39, 0.29) is 5.56 Å². The van der Waals surface area contributed by atoms with Gasteiger partial charge in [-0.1, -0.05) is 42.1 Å². The zero-order chi connectivity index (χ0) is 22.1. The van der Waals surface area contributed by atoms with Gasteiger partial charge in [-0.2, -0.15) is 0 Å². The minimum Gasteiger partial charge on any atom is -0.467 e. The predicted octanol–water partition coefficient (Wildman–Crippen LogP) is 4.50. The quantitative estimate of drug-likeness (QED) is 0.360. The zero-order valence-electron chi connectivity index (χ0n) is 17.7. The van der Waals surface area contributed by atoms with Crippen LogP contribution in [0.2, 0.25) is 0 Å². The highest BCUT2D eigenvalue weighted by Crippen LogP contribution is 2.28. The lowest BCUT2D eigenvalue weighted by Crippen LogP contribution is -2.15. The van der Waals surface area contributed by atoms with E-state index in [2.05, 4.69) is 23.2 Å². The molecule has 0 amide bonds. The van der Waals surface area contributed by atoms with Gasteiger partial charge in [0.2, 0.25) is 0 Å². The number of pyridine rings is 1. The fraction of sp³-hybridized carbons (Fsp3) is 0.167. The molecule has 0 bridgehead atoms. The molecule has 5 aromatic rings. The lowest BCUT2D eigenvalue weighted by Gasteiger charge is -2.10. The van der Waals surface area contributed by atoms with Crippen LogP contribution in [0.15, 0.2) is 81.4 Å². The monoisotopic (exact) mass is 443 g/mol. The van der Waals surface area contributed by atoms with Crippen molar-refractivity contribution in [1.82, 2.24) is 24.1 Å². The van der Waals surface area contributed by atoms with Crippen LogP contribution in [-0.2, 0) is 12.3 Å². The van der Waals surface area contributed by atoms with Gasteiger partial charge in [-0.25, -0.2) is 4.98 Å². The molecule has 0 saturated carbocycles. The van der Waals surface area contributed by atoms with Crippen molar-refractivity contribution in [3.05, 3.63) is 100.0 Å². The van der Waals surface area contributed by atoms with Crippen molar-refractivity contribution in [1.29, 1.82) is 0 Å². The molecule has 5 rings (SSSR count). The summed E-state index contributed by atoms with van der Waals surface area (Å²) in [5, 5.41) is 9.68. The SMILES string of the molecule is Cc1ccccc1-c1nnc(SCc2cc(=O)n3cccc(C)c3n2)n1Cc1ccco1. The van der Waals surface area contributed by atoms with E-state index in [1.807, 2.05) is 54.0 Å². The van der Waals surface area contributed by atoms with Gasteiger partial charge in [0.25, 0.3) is 5.56 Å². The maximum Gasteiger partial charge on any atom is 0.258 e. The Bertz CT molecular complexity index is 1450. The Kier molecular flexibility index (Phi) is 5.36. The summed E-state index contributed by atoms with van der Waals surface area (Å²) in [4.78, 5) is 17.2. The maximum atomic E-state index is 12.5. The van der Waals surface area contributed by atoms with E-state index in [1.165, 1.54) is 11.8 Å². The molecule has 8 heteroatoms. The molecule has 4 aromatic heterocycles. The third-order valence-electron chi connectivity index (χ3n) is 5.29. The van der Waals surface area contributed by atoms with Crippen molar-refractivity contribution < 1.29 is 4.42 Å². The van der Waals surface area contributed by atoms with E-state index in [1.54, 1.807) is 22.9 Å². The van der Waals surface area contributed by atoms with Gasteiger partial charge in [0, 0.05) is 23.6 Å². The molecular formula is C24H21N5O2S. The number of hydrogen-bond donors (Lipinski definition) is 0. The fourth-order valence-electron chi connectivity index (χ4n) is 3.64. The number of benzene rings is 1. The Morgan fingerprint density at radius 2 is 1.84 bits per heavy atom. The highest BCUT2D eigenvalue weighted by molar-refractivity contribution is 7.98. The van der Waals surface area contributed by atoms with E-state index < -0.39 is 0 Å². The molecule has 0 saturated heterocycles. The van der Waals surface area contributed by atoms with Crippen LogP contribution in [0.1, 0.15) is 22.6 Å². The highest BCUT2D eigenvalue weighted by atomic mass is 32.2. The zero-order valence-corrected chi connectivity index (χ0v) is 18.5. The summed E-state index contributed by atoms with van der Waals surface area (Å²) in [5.41, 5.74) is 4.40. The number of furan rings is 1. The Labute approximate surface area is 188 Å². The van der Waals surface area contributed by atoms with Gasteiger partial charge in [0.05, 0.1) is 18.5 Å². The normalized spacial score (nSPS) is 11.3. The largest absolute Gasteiger partial charge is 0.467 e. The Morgan fingerprint density at radius 1 is 1.00 bits per heavy atom. The molecule has 0 aliphatic rings. The first kappa shape index (κ1) is 20.3. The molecular weight excluding hydrogens is 422 g/mol. The van der Waals surface area contributed by atoms with Gasteiger partial charge >= 0.3 is 0 Å². The van der Waals surface area contributed by atoms with Crippen LogP contribution in [0.4, 0.5) is 0 Å². The average Bonchev–Trinajstić information content (AvgIpc) is 3.44. The number of fused-ring (bicyclic) bond motifs is 1. The number of thioether (sulfide) groups is 1. The van der Waals surface area contributed by atoms with Crippen LogP contribution in [0.25, 0.3) is 17.0 Å². The lowest BCUT2D eigenvalue weighted by molar-refractivity contribution is 0.485. The first-order valence-corrected chi connectivity index (χ1v) is 11.2. The fourth-order valence-corrected chi connectivity index (χ4v) is 4.47. The molecule has 0 radical (unpaired) electrons. The summed E-state index contributed by atoms with van der Waals surface area (Å²) in [7, 11) is 0. The third kappa shape index (κ3) is 3.85. The second-order valence-electron chi connectivity index (χ2n) is 7.55. The van der Waals surface area contributed by atoms with Crippen molar-refractivity contribution in [2.75, 3.05) is 0 Å². The molecule has 1 aromatic carbocycles. The molecule has 7 nitrogen and oxygen atoms in total. The van der Waals surface area contributed by atoms with E-state index in [4.69, 9.17) is 9.40 Å². The van der Waals surface area contributed by atoms with Crippen molar-refractivity contribution >= 4 is 17.4 Å². The number of nitrogens with zero attached hydrogens (tertiary/aromatic N) is 5. The topological polar surface area (TPSA) is 78.2 Å². The van der Waals surface area contributed by atoms with Gasteiger partial charge in [0.15, 0.2) is 11.0 Å². The summed E-state index contributed by atoms with van der Waals surface area (Å²) in [6, 6.07) is 17.3. The number of hydrogen-bond acceptors (Lipinski definition) is 6. The molecule has 4 heterocycles. The van der Waals surface area contributed by atoms with Gasteiger partial charge < -0.3 is 4.42 Å². The van der Waals surface area contributed by atoms with Gasteiger partial charge in [0.1, 0.15) is 11.4 Å². The van der Waals surface area contributed by atoms with E-state index in [9.17, 15) is 4.79 Å². The Balaban J connectivity index is 1.50. The lowest BCUT2D eigenvalue weighted by atomic mass is 10.1. The summed E-state index contributed by atoms with van der Waals surface area (Å²) in [6.45, 7) is 4.52. The smallest absolute Gasteiger partial charge is 0.258 e. The Hall–Kier alpha value is -3.65. The molecule has 0 fully saturated rings. The van der Waals surface area contributed by atoms with Crippen molar-refractivity contribution in [3.8, 4) is 11.4 Å². The minimum atomic E-state index is -0.0908. The second kappa shape index (κ2) is 8.47. The first-order valence-electron chi connectivity index (χ1n) is 10.2. The maximum absolute atomic E-state index is 12.5. The van der Waals surface area contributed by atoms with Crippen LogP contribution in [0.3, 0.4) is 0 Å². The highest BCUT2D eigenvalue weighted by Gasteiger charge is 2.17. The van der Waals surface area contributed by atoms with Gasteiger partial charge in [-0.15, -0.1) is 10.2 Å². The molecule has 0 unspecified atom stereocenters. The molecule has 0 N–H and O–H groups in total. The number of aryl methyl sites for hydroxylation is 2. The number of aromatic nitrogens is 5. The molecule has 0 spiro atoms. The van der Waals surface area contributed by atoms with Crippen molar-refractivity contribution in [2.24, 2.45) is 0 Å². The first-order chi connectivity index (χ1) is 15.6. The van der Waals surface area contributed by atoms with E-state index in [0.29, 0.717) is 23.6 Å². The second-order valence-corrected chi connectivity index (χ2v) is 8.49.